The highest BCUT2D eigenvalue weighted by Gasteiger charge is 2.29. The van der Waals surface area contributed by atoms with E-state index in [-0.39, 0.29) is 5.91 Å². The van der Waals surface area contributed by atoms with Crippen molar-refractivity contribution in [2.75, 3.05) is 5.32 Å². The smallest absolute Gasteiger partial charge is 0.313 e. The van der Waals surface area contributed by atoms with Gasteiger partial charge in [-0.1, -0.05) is 25.0 Å². The first-order valence-corrected chi connectivity index (χ1v) is 7.53. The monoisotopic (exact) mass is 289 g/mol. The first-order valence-electron chi connectivity index (χ1n) is 7.53. The topological polar surface area (TPSA) is 66.4 Å². The van der Waals surface area contributed by atoms with Crippen molar-refractivity contribution in [3.63, 3.8) is 0 Å². The number of hydrogen-bond donors (Lipinski definition) is 2. The molecule has 0 unspecified atom stereocenters. The number of benzene rings is 1. The molecule has 0 atom stereocenters. The normalized spacial score (nSPS) is 15.9. The van der Waals surface area contributed by atoms with Crippen molar-refractivity contribution >= 4 is 17.6 Å². The van der Waals surface area contributed by atoms with E-state index in [9.17, 15) is 14.7 Å². The van der Waals surface area contributed by atoms with Gasteiger partial charge < -0.3 is 10.4 Å². The number of nitrogens with one attached hydrogen (secondary N) is 1. The lowest BCUT2D eigenvalue weighted by Crippen LogP contribution is -2.28. The van der Waals surface area contributed by atoms with Crippen molar-refractivity contribution in [3.8, 4) is 0 Å². The number of carbonyl (C=O) groups excluding carboxylic acids is 1. The third-order valence-electron chi connectivity index (χ3n) is 4.37. The molecular formula is C17H23NO3. The van der Waals surface area contributed by atoms with Crippen LogP contribution in [0.5, 0.6) is 0 Å². The average Bonchev–Trinajstić information content (AvgIpc) is 2.91. The van der Waals surface area contributed by atoms with Gasteiger partial charge in [0.25, 0.3) is 0 Å². The third-order valence-corrected chi connectivity index (χ3v) is 4.37. The first kappa shape index (κ1) is 15.5. The van der Waals surface area contributed by atoms with Crippen molar-refractivity contribution in [2.45, 2.75) is 51.4 Å². The van der Waals surface area contributed by atoms with Crippen LogP contribution in [0.1, 0.15) is 51.5 Å². The molecule has 2 N–H and O–H groups in total. The van der Waals surface area contributed by atoms with Crippen LogP contribution in [-0.4, -0.2) is 17.0 Å². The number of aliphatic carboxylic acids is 1. The molecule has 1 fully saturated rings. The Hall–Kier alpha value is -1.84. The zero-order valence-electron chi connectivity index (χ0n) is 12.7. The number of rotatable bonds is 5. The summed E-state index contributed by atoms with van der Waals surface area (Å²) in [6.45, 7) is 3.34. The second kappa shape index (κ2) is 6.29. The fourth-order valence-electron chi connectivity index (χ4n) is 2.78. The molecule has 0 bridgehead atoms. The molecular weight excluding hydrogens is 266 g/mol. The Kier molecular flexibility index (Phi) is 4.66. The molecule has 1 aliphatic carbocycles. The molecule has 4 nitrogen and oxygen atoms in total. The number of hydrogen-bond acceptors (Lipinski definition) is 2. The lowest BCUT2D eigenvalue weighted by atomic mass is 9.85. The zero-order valence-corrected chi connectivity index (χ0v) is 12.7. The van der Waals surface area contributed by atoms with E-state index in [1.54, 1.807) is 38.1 Å². The van der Waals surface area contributed by atoms with E-state index in [1.165, 1.54) is 12.8 Å². The number of carboxylic acids is 1. The van der Waals surface area contributed by atoms with Crippen molar-refractivity contribution < 1.29 is 14.7 Å². The van der Waals surface area contributed by atoms with Gasteiger partial charge in [0.2, 0.25) is 5.91 Å². The van der Waals surface area contributed by atoms with Gasteiger partial charge in [-0.05, 0) is 50.3 Å². The average molecular weight is 289 g/mol. The quantitative estimate of drug-likeness (QED) is 0.871. The highest BCUT2D eigenvalue weighted by molar-refractivity contribution is 5.91. The summed E-state index contributed by atoms with van der Waals surface area (Å²) in [5.74, 6) is -0.289. The fraction of sp³-hybridized carbons (Fsp3) is 0.529. The molecule has 0 heterocycles. The van der Waals surface area contributed by atoms with Crippen LogP contribution in [-0.2, 0) is 15.0 Å². The maximum absolute atomic E-state index is 12.0. The predicted octanol–water partition coefficient (Wildman–Crippen LogP) is 3.57. The first-order chi connectivity index (χ1) is 9.89. The highest BCUT2D eigenvalue weighted by Crippen LogP contribution is 2.28. The Bertz CT molecular complexity index is 513. The lowest BCUT2D eigenvalue weighted by Gasteiger charge is -2.20. The molecule has 1 amide bonds. The Morgan fingerprint density at radius 2 is 1.76 bits per heavy atom. The van der Waals surface area contributed by atoms with Crippen LogP contribution in [0.3, 0.4) is 0 Å². The largest absolute Gasteiger partial charge is 0.481 e. The molecule has 1 saturated carbocycles. The minimum atomic E-state index is -0.924. The summed E-state index contributed by atoms with van der Waals surface area (Å²) >= 11 is 0. The molecule has 0 aliphatic heterocycles. The van der Waals surface area contributed by atoms with Gasteiger partial charge in [0.1, 0.15) is 0 Å². The van der Waals surface area contributed by atoms with Crippen LogP contribution in [0.15, 0.2) is 24.3 Å². The number of amides is 1. The van der Waals surface area contributed by atoms with Gasteiger partial charge in [0, 0.05) is 12.1 Å². The lowest BCUT2D eigenvalue weighted by molar-refractivity contribution is -0.142. The van der Waals surface area contributed by atoms with Crippen molar-refractivity contribution in [2.24, 2.45) is 5.92 Å². The van der Waals surface area contributed by atoms with Gasteiger partial charge >= 0.3 is 5.97 Å². The molecule has 0 spiro atoms. The second-order valence-corrected chi connectivity index (χ2v) is 6.41. The summed E-state index contributed by atoms with van der Waals surface area (Å²) in [5.41, 5.74) is 0.526. The van der Waals surface area contributed by atoms with Crippen molar-refractivity contribution in [1.29, 1.82) is 0 Å². The molecule has 1 aliphatic rings. The molecule has 1 aromatic carbocycles. The molecule has 2 rings (SSSR count). The predicted molar refractivity (Wildman–Crippen MR) is 82.3 cm³/mol. The fourth-order valence-corrected chi connectivity index (χ4v) is 2.78. The number of carboxylic acid groups (broad SMARTS) is 1. The minimum Gasteiger partial charge on any atom is -0.481 e. The third kappa shape index (κ3) is 3.84. The Morgan fingerprint density at radius 1 is 1.19 bits per heavy atom. The molecule has 0 aromatic heterocycles. The summed E-state index contributed by atoms with van der Waals surface area (Å²) in [5, 5.41) is 12.1. The highest BCUT2D eigenvalue weighted by atomic mass is 16.4. The molecule has 4 heteroatoms. The Balaban J connectivity index is 1.96. The van der Waals surface area contributed by atoms with Crippen LogP contribution in [0.2, 0.25) is 0 Å². The summed E-state index contributed by atoms with van der Waals surface area (Å²) in [7, 11) is 0. The van der Waals surface area contributed by atoms with E-state index < -0.39 is 11.4 Å². The van der Waals surface area contributed by atoms with E-state index in [2.05, 4.69) is 5.32 Å². The standard InChI is InChI=1S/C17H23NO3/c1-17(2,16(20)21)13-7-9-14(10-8-13)18-15(19)11-12-5-3-4-6-12/h7-10,12H,3-6,11H2,1-2H3,(H,18,19)(H,20,21). The summed E-state index contributed by atoms with van der Waals surface area (Å²) < 4.78 is 0. The van der Waals surface area contributed by atoms with E-state index in [0.717, 1.165) is 24.1 Å². The van der Waals surface area contributed by atoms with Crippen LogP contribution in [0.4, 0.5) is 5.69 Å². The van der Waals surface area contributed by atoms with Crippen molar-refractivity contribution in [3.05, 3.63) is 29.8 Å². The maximum Gasteiger partial charge on any atom is 0.313 e. The Morgan fingerprint density at radius 3 is 2.29 bits per heavy atom. The number of anilines is 1. The van der Waals surface area contributed by atoms with Crippen LogP contribution < -0.4 is 5.32 Å². The van der Waals surface area contributed by atoms with Crippen molar-refractivity contribution in [1.82, 2.24) is 0 Å². The minimum absolute atomic E-state index is 0.0483. The van der Waals surface area contributed by atoms with Gasteiger partial charge in [-0.3, -0.25) is 9.59 Å². The summed E-state index contributed by atoms with van der Waals surface area (Å²) in [4.78, 5) is 23.2. The van der Waals surface area contributed by atoms with E-state index in [1.807, 2.05) is 0 Å². The van der Waals surface area contributed by atoms with Crippen LogP contribution in [0.25, 0.3) is 0 Å². The van der Waals surface area contributed by atoms with Gasteiger partial charge in [0.15, 0.2) is 0 Å². The van der Waals surface area contributed by atoms with Gasteiger partial charge in [-0.15, -0.1) is 0 Å². The van der Waals surface area contributed by atoms with Gasteiger partial charge in [-0.25, -0.2) is 0 Å². The van der Waals surface area contributed by atoms with Gasteiger partial charge in [0.05, 0.1) is 5.41 Å². The molecule has 0 saturated heterocycles. The second-order valence-electron chi connectivity index (χ2n) is 6.41. The summed E-state index contributed by atoms with van der Waals surface area (Å²) in [6.07, 6.45) is 5.36. The van der Waals surface area contributed by atoms with Crippen LogP contribution in [0, 0.1) is 5.92 Å². The molecule has 114 valence electrons. The van der Waals surface area contributed by atoms with E-state index >= 15 is 0 Å². The molecule has 1 aromatic rings. The van der Waals surface area contributed by atoms with Crippen LogP contribution >= 0.6 is 0 Å². The zero-order chi connectivity index (χ0) is 15.5. The summed E-state index contributed by atoms with van der Waals surface area (Å²) in [6, 6.07) is 7.07. The van der Waals surface area contributed by atoms with E-state index in [0.29, 0.717) is 12.3 Å². The SMILES string of the molecule is CC(C)(C(=O)O)c1ccc(NC(=O)CC2CCCC2)cc1. The van der Waals surface area contributed by atoms with Gasteiger partial charge in [-0.2, -0.15) is 0 Å². The van der Waals surface area contributed by atoms with E-state index in [4.69, 9.17) is 0 Å². The number of carbonyl (C=O) groups is 2. The molecule has 21 heavy (non-hydrogen) atoms. The molecule has 0 radical (unpaired) electrons. The maximum atomic E-state index is 12.0. The Labute approximate surface area is 125 Å².